The van der Waals surface area contributed by atoms with Gasteiger partial charge in [-0.25, -0.2) is 23.7 Å². The number of hydrogen-bond acceptors (Lipinski definition) is 5. The number of fused-ring (bicyclic) bond motifs is 2. The SMILES string of the molecule is Cn1cc2cc(-c3ncc4cc(C5CCC5)sc4n3)cnc2n1.FCF. The van der Waals surface area contributed by atoms with E-state index < -0.39 is 6.93 Å². The number of alkyl halides is 2. The molecule has 0 saturated heterocycles. The molecule has 0 radical (unpaired) electrons. The van der Waals surface area contributed by atoms with Crippen LogP contribution >= 0.6 is 11.3 Å². The van der Waals surface area contributed by atoms with Gasteiger partial charge in [-0.1, -0.05) is 6.42 Å². The first-order chi connectivity index (χ1) is 12.7. The van der Waals surface area contributed by atoms with E-state index in [1.165, 1.54) is 24.1 Å². The molecule has 0 amide bonds. The Morgan fingerprint density at radius 1 is 1.15 bits per heavy atom. The summed E-state index contributed by atoms with van der Waals surface area (Å²) in [5.41, 5.74) is 1.69. The van der Waals surface area contributed by atoms with Crippen molar-refractivity contribution in [2.24, 2.45) is 7.05 Å². The third-order valence-electron chi connectivity index (χ3n) is 4.53. The number of rotatable bonds is 2. The fourth-order valence-corrected chi connectivity index (χ4v) is 4.21. The van der Waals surface area contributed by atoms with Crippen LogP contribution < -0.4 is 0 Å². The van der Waals surface area contributed by atoms with Gasteiger partial charge in [0.15, 0.2) is 11.5 Å². The molecular weight excluding hydrogens is 356 g/mol. The van der Waals surface area contributed by atoms with Gasteiger partial charge in [-0.3, -0.25) is 4.68 Å². The van der Waals surface area contributed by atoms with E-state index in [4.69, 9.17) is 4.98 Å². The highest BCUT2D eigenvalue weighted by molar-refractivity contribution is 7.18. The van der Waals surface area contributed by atoms with Crippen LogP contribution in [0.25, 0.3) is 32.6 Å². The number of halogens is 2. The molecule has 1 saturated carbocycles. The fourth-order valence-electron chi connectivity index (χ4n) is 3.04. The molecule has 26 heavy (non-hydrogen) atoms. The van der Waals surface area contributed by atoms with Gasteiger partial charge in [0.05, 0.1) is 0 Å². The summed E-state index contributed by atoms with van der Waals surface area (Å²) in [5.74, 6) is 1.48. The monoisotopic (exact) mass is 373 g/mol. The molecule has 4 heterocycles. The normalized spacial score (nSPS) is 14.3. The number of pyridine rings is 1. The molecule has 0 bridgehead atoms. The van der Waals surface area contributed by atoms with Crippen molar-refractivity contribution in [1.29, 1.82) is 0 Å². The summed E-state index contributed by atoms with van der Waals surface area (Å²) in [6, 6.07) is 4.31. The lowest BCUT2D eigenvalue weighted by atomic mass is 9.84. The Bertz CT molecular complexity index is 1050. The second-order valence-corrected chi connectivity index (χ2v) is 7.33. The first-order valence-corrected chi connectivity index (χ1v) is 9.18. The summed E-state index contributed by atoms with van der Waals surface area (Å²) in [6.45, 7) is -1.75. The van der Waals surface area contributed by atoms with E-state index in [2.05, 4.69) is 27.2 Å². The van der Waals surface area contributed by atoms with Crippen molar-refractivity contribution in [1.82, 2.24) is 24.7 Å². The lowest BCUT2D eigenvalue weighted by Gasteiger charge is -2.23. The largest absolute Gasteiger partial charge is 0.273 e. The number of aryl methyl sites for hydroxylation is 1. The van der Waals surface area contributed by atoms with Crippen LogP contribution in [0.15, 0.2) is 30.7 Å². The highest BCUT2D eigenvalue weighted by Crippen LogP contribution is 2.41. The zero-order valence-electron chi connectivity index (χ0n) is 14.2. The molecule has 0 spiro atoms. The Hall–Kier alpha value is -2.48. The van der Waals surface area contributed by atoms with Crippen LogP contribution in [-0.4, -0.2) is 31.7 Å². The van der Waals surface area contributed by atoms with E-state index in [9.17, 15) is 8.78 Å². The predicted molar refractivity (Wildman–Crippen MR) is 98.6 cm³/mol. The van der Waals surface area contributed by atoms with Gasteiger partial charge < -0.3 is 0 Å². The number of aromatic nitrogens is 5. The maximum atomic E-state index is 9.62. The van der Waals surface area contributed by atoms with E-state index in [1.54, 1.807) is 10.9 Å². The maximum absolute atomic E-state index is 9.62. The van der Waals surface area contributed by atoms with Crippen LogP contribution in [0, 0.1) is 0 Å². The van der Waals surface area contributed by atoms with Crippen molar-refractivity contribution in [3.05, 3.63) is 35.6 Å². The molecular formula is C18H17F2N5S. The van der Waals surface area contributed by atoms with Gasteiger partial charge in [0.2, 0.25) is 6.93 Å². The van der Waals surface area contributed by atoms with Gasteiger partial charge in [-0.15, -0.1) is 11.3 Å². The molecule has 1 aliphatic rings. The van der Waals surface area contributed by atoms with Crippen molar-refractivity contribution in [3.8, 4) is 11.4 Å². The molecule has 0 aliphatic heterocycles. The highest BCUT2D eigenvalue weighted by Gasteiger charge is 2.22. The maximum Gasteiger partial charge on any atom is 0.229 e. The standard InChI is InChI=1S/C17H15N5S.CH2F2/c1-22-9-13-5-11(7-19-16(13)21-22)15-18-8-12-6-14(10-3-2-4-10)23-17(12)20-15;2-1-3/h5-10H,2-4H2,1H3;1H2. The molecule has 4 aromatic heterocycles. The van der Waals surface area contributed by atoms with Crippen LogP contribution in [0.5, 0.6) is 0 Å². The minimum Gasteiger partial charge on any atom is -0.273 e. The van der Waals surface area contributed by atoms with Crippen molar-refractivity contribution >= 4 is 32.6 Å². The lowest BCUT2D eigenvalue weighted by molar-refractivity contribution is 0.295. The molecule has 4 aromatic rings. The molecule has 0 unspecified atom stereocenters. The topological polar surface area (TPSA) is 56.5 Å². The average Bonchev–Trinajstić information content (AvgIpc) is 3.14. The van der Waals surface area contributed by atoms with Gasteiger partial charge in [-0.05, 0) is 30.9 Å². The molecule has 5 nitrogen and oxygen atoms in total. The van der Waals surface area contributed by atoms with E-state index in [0.717, 1.165) is 38.6 Å². The third kappa shape index (κ3) is 3.16. The second kappa shape index (κ2) is 7.03. The molecule has 1 fully saturated rings. The van der Waals surface area contributed by atoms with Gasteiger partial charge in [0.25, 0.3) is 0 Å². The fraction of sp³-hybridized carbons (Fsp3) is 0.333. The summed E-state index contributed by atoms with van der Waals surface area (Å²) in [6.07, 6.45) is 9.68. The lowest BCUT2D eigenvalue weighted by Crippen LogP contribution is -2.06. The second-order valence-electron chi connectivity index (χ2n) is 6.27. The van der Waals surface area contributed by atoms with Gasteiger partial charge in [-0.2, -0.15) is 5.10 Å². The van der Waals surface area contributed by atoms with Crippen LogP contribution in [0.4, 0.5) is 8.78 Å². The number of hydrogen-bond donors (Lipinski definition) is 0. The Morgan fingerprint density at radius 2 is 1.96 bits per heavy atom. The molecule has 8 heteroatoms. The van der Waals surface area contributed by atoms with Crippen LogP contribution in [0.2, 0.25) is 0 Å². The summed E-state index contributed by atoms with van der Waals surface area (Å²) < 4.78 is 21.0. The predicted octanol–water partition coefficient (Wildman–Crippen LogP) is 4.79. The Balaban J connectivity index is 0.000000527. The van der Waals surface area contributed by atoms with Crippen LogP contribution in [0.1, 0.15) is 30.1 Å². The van der Waals surface area contributed by atoms with Crippen LogP contribution in [0.3, 0.4) is 0 Å². The summed E-state index contributed by atoms with van der Waals surface area (Å²) >= 11 is 1.81. The van der Waals surface area contributed by atoms with E-state index in [0.29, 0.717) is 0 Å². The highest BCUT2D eigenvalue weighted by atomic mass is 32.1. The van der Waals surface area contributed by atoms with Crippen molar-refractivity contribution in [3.63, 3.8) is 0 Å². The van der Waals surface area contributed by atoms with Gasteiger partial charge in [0.1, 0.15) is 4.83 Å². The Kier molecular flexibility index (Phi) is 4.58. The van der Waals surface area contributed by atoms with E-state index >= 15 is 0 Å². The molecule has 5 rings (SSSR count). The van der Waals surface area contributed by atoms with E-state index in [-0.39, 0.29) is 0 Å². The Morgan fingerprint density at radius 3 is 2.69 bits per heavy atom. The molecule has 0 atom stereocenters. The minimum atomic E-state index is -1.75. The van der Waals surface area contributed by atoms with E-state index in [1.807, 2.05) is 30.8 Å². The van der Waals surface area contributed by atoms with Crippen molar-refractivity contribution in [2.45, 2.75) is 25.2 Å². The Labute approximate surface area is 152 Å². The molecule has 134 valence electrons. The van der Waals surface area contributed by atoms with Crippen molar-refractivity contribution in [2.75, 3.05) is 6.93 Å². The van der Waals surface area contributed by atoms with Gasteiger partial charge >= 0.3 is 0 Å². The first-order valence-electron chi connectivity index (χ1n) is 8.36. The molecule has 0 N–H and O–H groups in total. The van der Waals surface area contributed by atoms with Crippen molar-refractivity contribution < 1.29 is 8.78 Å². The average molecular weight is 373 g/mol. The first kappa shape index (κ1) is 17.0. The summed E-state index contributed by atoms with van der Waals surface area (Å²) in [5, 5.41) is 6.46. The third-order valence-corrected chi connectivity index (χ3v) is 5.74. The molecule has 0 aromatic carbocycles. The quantitative estimate of drug-likeness (QED) is 0.507. The summed E-state index contributed by atoms with van der Waals surface area (Å²) in [4.78, 5) is 16.2. The number of thiophene rings is 1. The zero-order chi connectivity index (χ0) is 18.1. The molecule has 1 aliphatic carbocycles. The van der Waals surface area contributed by atoms with Crippen LogP contribution in [-0.2, 0) is 7.05 Å². The summed E-state index contributed by atoms with van der Waals surface area (Å²) in [7, 11) is 1.90. The minimum absolute atomic E-state index is 0.734. The smallest absolute Gasteiger partial charge is 0.229 e. The zero-order valence-corrected chi connectivity index (χ0v) is 15.0. The van der Waals surface area contributed by atoms with Gasteiger partial charge in [0, 0.05) is 46.9 Å². The number of nitrogens with zero attached hydrogens (tertiary/aromatic N) is 5.